The third-order valence-corrected chi connectivity index (χ3v) is 2.19. The zero-order chi connectivity index (χ0) is 13.0. The molecular formula is C12H11NO5. The van der Waals surface area contributed by atoms with Crippen LogP contribution < -0.4 is 9.47 Å². The minimum atomic E-state index is -1.15. The Morgan fingerprint density at radius 3 is 2.56 bits per heavy atom. The second kappa shape index (κ2) is 5.22. The van der Waals surface area contributed by atoms with Gasteiger partial charge >= 0.3 is 5.97 Å². The van der Waals surface area contributed by atoms with Crippen LogP contribution in [0.15, 0.2) is 34.9 Å². The lowest BCUT2D eigenvalue weighted by molar-refractivity contribution is 0.0658. The van der Waals surface area contributed by atoms with E-state index in [1.165, 1.54) is 0 Å². The van der Waals surface area contributed by atoms with Gasteiger partial charge in [0, 0.05) is 0 Å². The molecule has 0 bridgehead atoms. The molecular weight excluding hydrogens is 238 g/mol. The molecule has 18 heavy (non-hydrogen) atoms. The van der Waals surface area contributed by atoms with E-state index < -0.39 is 5.97 Å². The molecule has 1 aromatic carbocycles. The quantitative estimate of drug-likeness (QED) is 0.872. The fourth-order valence-electron chi connectivity index (χ4n) is 1.29. The van der Waals surface area contributed by atoms with Gasteiger partial charge in [-0.25, -0.2) is 9.78 Å². The highest BCUT2D eigenvalue weighted by molar-refractivity contribution is 5.83. The standard InChI is InChI=1S/C12H11NO5/c1-16-8-2-4-9(5-3-8)17-7-11-13-6-10(18-11)12(14)15/h2-6H,7H2,1H3,(H,14,15). The summed E-state index contributed by atoms with van der Waals surface area (Å²) >= 11 is 0. The van der Waals surface area contributed by atoms with Crippen molar-refractivity contribution >= 4 is 5.97 Å². The van der Waals surface area contributed by atoms with E-state index in [4.69, 9.17) is 19.0 Å². The highest BCUT2D eigenvalue weighted by Gasteiger charge is 2.10. The average Bonchev–Trinajstić information content (AvgIpc) is 2.86. The van der Waals surface area contributed by atoms with Gasteiger partial charge in [-0.2, -0.15) is 0 Å². The van der Waals surface area contributed by atoms with Gasteiger partial charge in [0.1, 0.15) is 11.5 Å². The molecule has 2 rings (SSSR count). The van der Waals surface area contributed by atoms with E-state index >= 15 is 0 Å². The number of methoxy groups -OCH3 is 1. The third-order valence-electron chi connectivity index (χ3n) is 2.19. The van der Waals surface area contributed by atoms with E-state index in [2.05, 4.69) is 4.98 Å². The van der Waals surface area contributed by atoms with Gasteiger partial charge in [0.15, 0.2) is 6.61 Å². The van der Waals surface area contributed by atoms with E-state index in [1.54, 1.807) is 31.4 Å². The second-order valence-electron chi connectivity index (χ2n) is 3.39. The van der Waals surface area contributed by atoms with Crippen LogP contribution in [0.5, 0.6) is 11.5 Å². The van der Waals surface area contributed by atoms with Crippen LogP contribution in [0.3, 0.4) is 0 Å². The predicted molar refractivity (Wildman–Crippen MR) is 60.8 cm³/mol. The number of hydrogen-bond acceptors (Lipinski definition) is 5. The molecule has 0 aliphatic carbocycles. The molecule has 94 valence electrons. The first kappa shape index (κ1) is 12.0. The summed E-state index contributed by atoms with van der Waals surface area (Å²) in [6, 6.07) is 6.99. The maximum atomic E-state index is 10.6. The van der Waals surface area contributed by atoms with Crippen LogP contribution >= 0.6 is 0 Å². The van der Waals surface area contributed by atoms with Gasteiger partial charge in [-0.05, 0) is 24.3 Å². The SMILES string of the molecule is COc1ccc(OCc2ncc(C(=O)O)o2)cc1. The second-order valence-corrected chi connectivity index (χ2v) is 3.39. The van der Waals surface area contributed by atoms with Gasteiger partial charge in [-0.15, -0.1) is 0 Å². The maximum absolute atomic E-state index is 10.6. The van der Waals surface area contributed by atoms with Crippen LogP contribution in [0, 0.1) is 0 Å². The number of carboxylic acid groups (broad SMARTS) is 1. The van der Waals surface area contributed by atoms with Crippen LogP contribution in [0.4, 0.5) is 0 Å². The van der Waals surface area contributed by atoms with Gasteiger partial charge in [-0.1, -0.05) is 0 Å². The Bertz CT molecular complexity index is 532. The van der Waals surface area contributed by atoms with Crippen molar-refractivity contribution in [3.05, 3.63) is 42.1 Å². The Hall–Kier alpha value is -2.50. The molecule has 0 radical (unpaired) electrons. The Labute approximate surface area is 103 Å². The fraction of sp³-hybridized carbons (Fsp3) is 0.167. The topological polar surface area (TPSA) is 81.8 Å². The fourth-order valence-corrected chi connectivity index (χ4v) is 1.29. The lowest BCUT2D eigenvalue weighted by Crippen LogP contribution is -1.96. The van der Waals surface area contributed by atoms with Crippen LogP contribution in [0.1, 0.15) is 16.4 Å². The Balaban J connectivity index is 1.95. The van der Waals surface area contributed by atoms with Crippen molar-refractivity contribution in [1.29, 1.82) is 0 Å². The van der Waals surface area contributed by atoms with Crippen molar-refractivity contribution in [1.82, 2.24) is 4.98 Å². The molecule has 1 N–H and O–H groups in total. The molecule has 0 atom stereocenters. The van der Waals surface area contributed by atoms with Crippen molar-refractivity contribution < 1.29 is 23.8 Å². The van der Waals surface area contributed by atoms with Crippen LogP contribution in [-0.4, -0.2) is 23.2 Å². The van der Waals surface area contributed by atoms with E-state index in [9.17, 15) is 4.79 Å². The summed E-state index contributed by atoms with van der Waals surface area (Å²) in [5.74, 6) is 0.197. The van der Waals surface area contributed by atoms with Crippen molar-refractivity contribution in [3.63, 3.8) is 0 Å². The Morgan fingerprint density at radius 1 is 1.33 bits per heavy atom. The number of benzene rings is 1. The number of carboxylic acids is 1. The number of hydrogen-bond donors (Lipinski definition) is 1. The lowest BCUT2D eigenvalue weighted by atomic mass is 10.3. The summed E-state index contributed by atoms with van der Waals surface area (Å²) in [7, 11) is 1.58. The summed E-state index contributed by atoms with van der Waals surface area (Å²) in [4.78, 5) is 14.4. The molecule has 1 heterocycles. The Kier molecular flexibility index (Phi) is 3.47. The normalized spacial score (nSPS) is 10.1. The van der Waals surface area contributed by atoms with Crippen molar-refractivity contribution in [2.75, 3.05) is 7.11 Å². The number of aromatic nitrogens is 1. The number of carbonyl (C=O) groups is 1. The number of aromatic carboxylic acids is 1. The summed E-state index contributed by atoms with van der Waals surface area (Å²) in [5.41, 5.74) is 0. The van der Waals surface area contributed by atoms with E-state index in [0.717, 1.165) is 11.9 Å². The summed E-state index contributed by atoms with van der Waals surface area (Å²) in [6.45, 7) is 0.0691. The van der Waals surface area contributed by atoms with E-state index in [0.29, 0.717) is 5.75 Å². The largest absolute Gasteiger partial charge is 0.497 e. The molecule has 1 aromatic heterocycles. The smallest absolute Gasteiger partial charge is 0.373 e. The number of nitrogens with zero attached hydrogens (tertiary/aromatic N) is 1. The van der Waals surface area contributed by atoms with E-state index in [-0.39, 0.29) is 18.3 Å². The first-order chi connectivity index (χ1) is 8.69. The first-order valence-corrected chi connectivity index (χ1v) is 5.14. The molecule has 0 amide bonds. The molecule has 0 fully saturated rings. The molecule has 0 aliphatic heterocycles. The first-order valence-electron chi connectivity index (χ1n) is 5.14. The molecule has 0 saturated carbocycles. The van der Waals surface area contributed by atoms with Gasteiger partial charge in [0.2, 0.25) is 11.7 Å². The zero-order valence-electron chi connectivity index (χ0n) is 9.62. The molecule has 2 aromatic rings. The third kappa shape index (κ3) is 2.79. The molecule has 0 unspecified atom stereocenters. The average molecular weight is 249 g/mol. The number of rotatable bonds is 5. The number of oxazole rings is 1. The van der Waals surface area contributed by atoms with Crippen molar-refractivity contribution in [3.8, 4) is 11.5 Å². The monoisotopic (exact) mass is 249 g/mol. The van der Waals surface area contributed by atoms with Crippen LogP contribution in [-0.2, 0) is 6.61 Å². The maximum Gasteiger partial charge on any atom is 0.373 e. The molecule has 6 heteroatoms. The molecule has 6 nitrogen and oxygen atoms in total. The lowest BCUT2D eigenvalue weighted by Gasteiger charge is -2.04. The minimum absolute atomic E-state index is 0.0691. The van der Waals surface area contributed by atoms with Gasteiger partial charge in [0.25, 0.3) is 0 Å². The molecule has 0 spiro atoms. The van der Waals surface area contributed by atoms with Crippen molar-refractivity contribution in [2.45, 2.75) is 6.61 Å². The van der Waals surface area contributed by atoms with Crippen LogP contribution in [0.2, 0.25) is 0 Å². The number of ether oxygens (including phenoxy) is 2. The van der Waals surface area contributed by atoms with Crippen LogP contribution in [0.25, 0.3) is 0 Å². The summed E-state index contributed by atoms with van der Waals surface area (Å²) < 4.78 is 15.3. The highest BCUT2D eigenvalue weighted by atomic mass is 16.5. The predicted octanol–water partition coefficient (Wildman–Crippen LogP) is 1.96. The van der Waals surface area contributed by atoms with E-state index in [1.807, 2.05) is 0 Å². The molecule has 0 aliphatic rings. The summed E-state index contributed by atoms with van der Waals surface area (Å²) in [5, 5.41) is 8.65. The van der Waals surface area contributed by atoms with Gasteiger partial charge < -0.3 is 19.0 Å². The minimum Gasteiger partial charge on any atom is -0.497 e. The van der Waals surface area contributed by atoms with Gasteiger partial charge in [0.05, 0.1) is 13.3 Å². The summed E-state index contributed by atoms with van der Waals surface area (Å²) in [6.07, 6.45) is 1.15. The molecule has 0 saturated heterocycles. The zero-order valence-corrected chi connectivity index (χ0v) is 9.62. The van der Waals surface area contributed by atoms with Gasteiger partial charge in [-0.3, -0.25) is 0 Å². The highest BCUT2D eigenvalue weighted by Crippen LogP contribution is 2.18. The van der Waals surface area contributed by atoms with Crippen molar-refractivity contribution in [2.24, 2.45) is 0 Å². The Morgan fingerprint density at radius 2 is 2.00 bits per heavy atom.